The molecule has 1 amide bonds. The van der Waals surface area contributed by atoms with Crippen molar-refractivity contribution in [1.29, 1.82) is 0 Å². The summed E-state index contributed by atoms with van der Waals surface area (Å²) in [5, 5.41) is 0. The first-order valence-corrected chi connectivity index (χ1v) is 6.60. The Hall–Kier alpha value is -2.64. The van der Waals surface area contributed by atoms with Crippen LogP contribution in [0.4, 0.5) is 10.1 Å². The van der Waals surface area contributed by atoms with Crippen molar-refractivity contribution in [3.05, 3.63) is 51.1 Å². The van der Waals surface area contributed by atoms with E-state index in [2.05, 4.69) is 4.98 Å². The third-order valence-corrected chi connectivity index (χ3v) is 4.06. The fourth-order valence-electron chi connectivity index (χ4n) is 3.20. The first kappa shape index (κ1) is 12.1. The highest BCUT2D eigenvalue weighted by molar-refractivity contribution is 5.97. The molecule has 2 aromatic rings. The van der Waals surface area contributed by atoms with E-state index in [1.165, 1.54) is 38.5 Å². The average molecular weight is 290 g/mol. The van der Waals surface area contributed by atoms with Crippen molar-refractivity contribution in [2.75, 3.05) is 4.90 Å². The molecule has 1 fully saturated rings. The summed E-state index contributed by atoms with van der Waals surface area (Å²) in [6.45, 7) is 0. The first-order valence-electron chi connectivity index (χ1n) is 6.60. The number of piperidine rings is 1. The van der Waals surface area contributed by atoms with Crippen LogP contribution in [0, 0.1) is 5.82 Å². The summed E-state index contributed by atoms with van der Waals surface area (Å²) in [6.07, 6.45) is 0.531. The largest absolute Gasteiger partial charge is 0.346 e. The number of rotatable bonds is 1. The second-order valence-corrected chi connectivity index (χ2v) is 5.18. The summed E-state index contributed by atoms with van der Waals surface area (Å²) in [6, 6.07) is 4.82. The van der Waals surface area contributed by atoms with Crippen LogP contribution in [0.15, 0.2) is 33.9 Å². The number of hydrogen-bond donors (Lipinski definition) is 1. The highest BCUT2D eigenvalue weighted by Crippen LogP contribution is 2.39. The van der Waals surface area contributed by atoms with E-state index in [4.69, 9.17) is 0 Å². The molecular weight excluding hydrogens is 279 g/mol. The third kappa shape index (κ3) is 1.49. The number of anilines is 1. The van der Waals surface area contributed by atoms with E-state index in [-0.39, 0.29) is 5.91 Å². The van der Waals surface area contributed by atoms with Crippen molar-refractivity contribution < 1.29 is 9.18 Å². The maximum atomic E-state index is 13.0. The summed E-state index contributed by atoms with van der Waals surface area (Å²) in [7, 11) is 0. The smallest absolute Gasteiger partial charge is 0.288 e. The van der Waals surface area contributed by atoms with Gasteiger partial charge in [0.1, 0.15) is 18.0 Å². The lowest BCUT2D eigenvalue weighted by Crippen LogP contribution is -2.57. The van der Waals surface area contributed by atoms with Crippen LogP contribution in [0.25, 0.3) is 0 Å². The maximum Gasteiger partial charge on any atom is 0.346 e. The zero-order valence-corrected chi connectivity index (χ0v) is 10.8. The van der Waals surface area contributed by atoms with Crippen LogP contribution < -0.4 is 16.3 Å². The number of carbonyl (C=O) groups excluding carboxylic acids is 1. The molecule has 1 saturated heterocycles. The average Bonchev–Trinajstić information content (AvgIpc) is 2.78. The highest BCUT2D eigenvalue weighted by Gasteiger charge is 2.46. The van der Waals surface area contributed by atoms with Crippen molar-refractivity contribution >= 4 is 11.6 Å². The van der Waals surface area contributed by atoms with E-state index in [0.29, 0.717) is 18.5 Å². The Morgan fingerprint density at radius 3 is 2.38 bits per heavy atom. The summed E-state index contributed by atoms with van der Waals surface area (Å²) in [4.78, 5) is 39.9. The van der Waals surface area contributed by atoms with Gasteiger partial charge in [-0.05, 0) is 37.1 Å². The zero-order chi connectivity index (χ0) is 14.7. The fourth-order valence-corrected chi connectivity index (χ4v) is 3.20. The molecule has 0 aliphatic carbocycles. The van der Waals surface area contributed by atoms with E-state index in [0.717, 1.165) is 0 Å². The molecule has 0 saturated carbocycles. The lowest BCUT2D eigenvalue weighted by molar-refractivity contribution is -0.128. The molecule has 3 aliphatic rings. The third-order valence-electron chi connectivity index (χ3n) is 4.06. The number of benzene rings is 1. The molecule has 2 atom stereocenters. The van der Waals surface area contributed by atoms with Crippen LogP contribution in [0.1, 0.15) is 25.0 Å². The number of amides is 1. The van der Waals surface area contributed by atoms with Gasteiger partial charge in [0, 0.05) is 5.69 Å². The van der Waals surface area contributed by atoms with Gasteiger partial charge < -0.3 is 0 Å². The van der Waals surface area contributed by atoms with Crippen LogP contribution in [0.3, 0.4) is 0 Å². The fraction of sp³-hybridized carbons (Fsp3) is 0.308. The SMILES string of the molecule is O=C1C2CCC(N1c1ccc(F)cc1)n1c(=O)[nH]c(=O)n12. The van der Waals surface area contributed by atoms with Gasteiger partial charge in [0.2, 0.25) is 0 Å². The number of hydrogen-bond acceptors (Lipinski definition) is 3. The quantitative estimate of drug-likeness (QED) is 0.823. The van der Waals surface area contributed by atoms with Gasteiger partial charge in [0.15, 0.2) is 0 Å². The monoisotopic (exact) mass is 290 g/mol. The number of nitrogens with zero attached hydrogens (tertiary/aromatic N) is 3. The van der Waals surface area contributed by atoms with Crippen LogP contribution in [0.2, 0.25) is 0 Å². The Labute approximate surface area is 117 Å². The van der Waals surface area contributed by atoms with Gasteiger partial charge in [0.25, 0.3) is 5.91 Å². The molecule has 3 aliphatic heterocycles. The molecule has 21 heavy (non-hydrogen) atoms. The van der Waals surface area contributed by atoms with E-state index in [1.54, 1.807) is 0 Å². The molecular formula is C13H11FN4O3. The van der Waals surface area contributed by atoms with Crippen molar-refractivity contribution in [2.45, 2.75) is 25.0 Å². The van der Waals surface area contributed by atoms with E-state index in [1.807, 2.05) is 0 Å². The second-order valence-electron chi connectivity index (χ2n) is 5.18. The molecule has 2 bridgehead atoms. The Morgan fingerprint density at radius 1 is 1.00 bits per heavy atom. The van der Waals surface area contributed by atoms with Gasteiger partial charge in [-0.1, -0.05) is 0 Å². The minimum absolute atomic E-state index is 0.251. The van der Waals surface area contributed by atoms with Crippen LogP contribution in [0.5, 0.6) is 0 Å². The molecule has 2 unspecified atom stereocenters. The minimum Gasteiger partial charge on any atom is -0.288 e. The molecule has 5 rings (SSSR count). The van der Waals surface area contributed by atoms with Gasteiger partial charge in [-0.3, -0.25) is 14.7 Å². The Kier molecular flexibility index (Phi) is 2.27. The van der Waals surface area contributed by atoms with Gasteiger partial charge in [-0.2, -0.15) is 0 Å². The number of aromatic amines is 1. The van der Waals surface area contributed by atoms with Gasteiger partial charge in [0.05, 0.1) is 0 Å². The zero-order valence-electron chi connectivity index (χ0n) is 10.8. The van der Waals surface area contributed by atoms with Gasteiger partial charge in [-0.15, -0.1) is 0 Å². The van der Waals surface area contributed by atoms with Crippen LogP contribution in [-0.2, 0) is 4.79 Å². The molecule has 108 valence electrons. The van der Waals surface area contributed by atoms with Gasteiger partial charge >= 0.3 is 11.4 Å². The standard InChI is InChI=1S/C13H11FN4O3/c14-7-1-3-8(4-2-7)16-10-6-5-9(11(16)19)17-12(20)15-13(21)18(10)17/h1-4,9-10H,5-6H2,(H,15,20,21). The van der Waals surface area contributed by atoms with Crippen LogP contribution in [-0.4, -0.2) is 20.3 Å². The molecule has 0 radical (unpaired) electrons. The normalized spacial score (nSPS) is 23.5. The predicted octanol–water partition coefficient (Wildman–Crippen LogP) is 0.357. The Bertz CT molecular complexity index is 848. The van der Waals surface area contributed by atoms with Crippen molar-refractivity contribution in [1.82, 2.24) is 14.3 Å². The highest BCUT2D eigenvalue weighted by atomic mass is 19.1. The number of carbonyl (C=O) groups is 1. The minimum atomic E-state index is -0.688. The van der Waals surface area contributed by atoms with Gasteiger partial charge in [-0.25, -0.2) is 23.3 Å². The summed E-state index contributed by atoms with van der Waals surface area (Å²) < 4.78 is 15.5. The number of aromatic nitrogens is 3. The number of halogens is 1. The molecule has 0 spiro atoms. The molecule has 8 heteroatoms. The van der Waals surface area contributed by atoms with Crippen LogP contribution >= 0.6 is 0 Å². The lowest BCUT2D eigenvalue weighted by atomic mass is 9.99. The Morgan fingerprint density at radius 2 is 1.67 bits per heavy atom. The Balaban J connectivity index is 1.91. The molecule has 1 aromatic heterocycles. The first-order chi connectivity index (χ1) is 10.1. The second kappa shape index (κ2) is 3.94. The van der Waals surface area contributed by atoms with Crippen molar-refractivity contribution in [3.8, 4) is 0 Å². The molecule has 1 N–H and O–H groups in total. The molecule has 4 heterocycles. The predicted molar refractivity (Wildman–Crippen MR) is 70.5 cm³/mol. The number of fused-ring (bicyclic) bond motifs is 2. The molecule has 7 nitrogen and oxygen atoms in total. The summed E-state index contributed by atoms with van der Waals surface area (Å²) in [5.74, 6) is -0.650. The maximum absolute atomic E-state index is 13.0. The van der Waals surface area contributed by atoms with Crippen molar-refractivity contribution in [2.24, 2.45) is 0 Å². The lowest BCUT2D eigenvalue weighted by Gasteiger charge is -2.45. The molecule has 1 aromatic carbocycles. The van der Waals surface area contributed by atoms with E-state index in [9.17, 15) is 18.8 Å². The van der Waals surface area contributed by atoms with E-state index < -0.39 is 29.4 Å². The number of nitrogens with one attached hydrogen (secondary N) is 1. The summed E-state index contributed by atoms with van der Waals surface area (Å²) in [5.41, 5.74) is -0.584. The summed E-state index contributed by atoms with van der Waals surface area (Å²) >= 11 is 0. The number of H-pyrrole nitrogens is 1. The van der Waals surface area contributed by atoms with Crippen molar-refractivity contribution in [3.63, 3.8) is 0 Å². The topological polar surface area (TPSA) is 80.1 Å². The van der Waals surface area contributed by atoms with E-state index >= 15 is 0 Å².